The number of ether oxygens (including phenoxy) is 1. The van der Waals surface area contributed by atoms with Crippen molar-refractivity contribution in [2.24, 2.45) is 7.05 Å². The van der Waals surface area contributed by atoms with Crippen LogP contribution in [0.3, 0.4) is 0 Å². The lowest BCUT2D eigenvalue weighted by molar-refractivity contribution is 0.120. The van der Waals surface area contributed by atoms with E-state index in [1.54, 1.807) is 17.9 Å². The number of hydrogen-bond donors (Lipinski definition) is 1. The van der Waals surface area contributed by atoms with Crippen LogP contribution in [0.5, 0.6) is 5.75 Å². The van der Waals surface area contributed by atoms with Crippen LogP contribution < -0.4 is 10.5 Å². The van der Waals surface area contributed by atoms with Crippen molar-refractivity contribution in [3.63, 3.8) is 0 Å². The van der Waals surface area contributed by atoms with Crippen molar-refractivity contribution < 1.29 is 9.13 Å². The zero-order valence-electron chi connectivity index (χ0n) is 18.2. The van der Waals surface area contributed by atoms with Crippen LogP contribution in [0.1, 0.15) is 30.4 Å². The number of pyridine rings is 1. The van der Waals surface area contributed by atoms with Gasteiger partial charge >= 0.3 is 0 Å². The third-order valence-electron chi connectivity index (χ3n) is 6.16. The Hall–Kier alpha value is -3.63. The van der Waals surface area contributed by atoms with Gasteiger partial charge in [0.25, 0.3) is 0 Å². The SMILES string of the molecule is Cc1cc(N)nc2cc(-c3cnn(C)c3-c3c(F)c(Cl)cc(OC4CCC4)c3C#N)ccc12. The van der Waals surface area contributed by atoms with Gasteiger partial charge in [-0.25, -0.2) is 9.37 Å². The summed E-state index contributed by atoms with van der Waals surface area (Å²) in [7, 11) is 1.70. The molecule has 2 aromatic carbocycles. The average Bonchev–Trinajstić information content (AvgIpc) is 3.13. The predicted molar refractivity (Wildman–Crippen MR) is 126 cm³/mol. The van der Waals surface area contributed by atoms with Crippen molar-refractivity contribution in [1.82, 2.24) is 14.8 Å². The first kappa shape index (κ1) is 21.2. The standard InChI is InChI=1S/C25H21ClFN5O/c1-13-8-22(29)31-20-9-14(6-7-16(13)20)18-12-30-32(2)25(18)23-17(11-28)21(10-19(26)24(23)27)33-15-4-3-5-15/h6-10,12,15H,3-5H2,1-2H3,(H2,29,31). The Labute approximate surface area is 195 Å². The van der Waals surface area contributed by atoms with Crippen LogP contribution in [0, 0.1) is 24.1 Å². The number of anilines is 1. The molecule has 0 atom stereocenters. The first-order chi connectivity index (χ1) is 15.9. The molecule has 0 bridgehead atoms. The number of hydrogen-bond acceptors (Lipinski definition) is 5. The number of nitrogen functional groups attached to an aromatic ring is 1. The van der Waals surface area contributed by atoms with Crippen molar-refractivity contribution in [3.05, 3.63) is 58.5 Å². The van der Waals surface area contributed by atoms with Gasteiger partial charge in [-0.05, 0) is 49.4 Å². The van der Waals surface area contributed by atoms with Gasteiger partial charge in [0.2, 0.25) is 0 Å². The van der Waals surface area contributed by atoms with E-state index in [0.29, 0.717) is 22.8 Å². The molecule has 1 aliphatic carbocycles. The predicted octanol–water partition coefficient (Wildman–Crippen LogP) is 5.79. The van der Waals surface area contributed by atoms with E-state index in [-0.39, 0.29) is 22.3 Å². The lowest BCUT2D eigenvalue weighted by atomic mass is 9.94. The number of fused-ring (bicyclic) bond motifs is 1. The van der Waals surface area contributed by atoms with Crippen molar-refractivity contribution in [1.29, 1.82) is 5.26 Å². The lowest BCUT2D eigenvalue weighted by Crippen LogP contribution is -2.25. The highest BCUT2D eigenvalue weighted by Gasteiger charge is 2.28. The maximum atomic E-state index is 15.5. The molecule has 1 fully saturated rings. The van der Waals surface area contributed by atoms with E-state index in [4.69, 9.17) is 22.1 Å². The third kappa shape index (κ3) is 3.57. The van der Waals surface area contributed by atoms with E-state index in [9.17, 15) is 5.26 Å². The quantitative estimate of drug-likeness (QED) is 0.415. The van der Waals surface area contributed by atoms with Gasteiger partial charge in [0.15, 0.2) is 5.82 Å². The normalized spacial score (nSPS) is 13.7. The molecule has 5 rings (SSSR count). The summed E-state index contributed by atoms with van der Waals surface area (Å²) in [6.45, 7) is 1.97. The van der Waals surface area contributed by atoms with Crippen LogP contribution in [-0.2, 0) is 7.05 Å². The number of aromatic nitrogens is 3. The van der Waals surface area contributed by atoms with Crippen LogP contribution in [0.4, 0.5) is 10.2 Å². The molecule has 0 aliphatic heterocycles. The molecule has 4 aromatic rings. The summed E-state index contributed by atoms with van der Waals surface area (Å²) in [5.41, 5.74) is 9.71. The molecule has 0 radical (unpaired) electrons. The van der Waals surface area contributed by atoms with Crippen molar-refractivity contribution in [2.45, 2.75) is 32.3 Å². The van der Waals surface area contributed by atoms with Gasteiger partial charge in [-0.3, -0.25) is 4.68 Å². The monoisotopic (exact) mass is 461 g/mol. The van der Waals surface area contributed by atoms with Crippen molar-refractivity contribution >= 4 is 28.3 Å². The van der Waals surface area contributed by atoms with E-state index in [2.05, 4.69) is 16.2 Å². The number of nitrogens with zero attached hydrogens (tertiary/aromatic N) is 4. The molecule has 2 N–H and O–H groups in total. The van der Waals surface area contributed by atoms with E-state index < -0.39 is 5.82 Å². The summed E-state index contributed by atoms with van der Waals surface area (Å²) in [6.07, 6.45) is 4.53. The molecular weight excluding hydrogens is 441 g/mol. The Kier molecular flexibility index (Phi) is 5.18. The number of aryl methyl sites for hydroxylation is 2. The van der Waals surface area contributed by atoms with Gasteiger partial charge in [0, 0.05) is 24.1 Å². The van der Waals surface area contributed by atoms with Gasteiger partial charge in [-0.2, -0.15) is 10.4 Å². The van der Waals surface area contributed by atoms with Crippen LogP contribution in [0.15, 0.2) is 36.5 Å². The Balaban J connectivity index is 1.72. The number of benzene rings is 2. The molecule has 8 heteroatoms. The summed E-state index contributed by atoms with van der Waals surface area (Å²) >= 11 is 6.26. The third-order valence-corrected chi connectivity index (χ3v) is 6.44. The zero-order chi connectivity index (χ0) is 23.3. The smallest absolute Gasteiger partial charge is 0.152 e. The first-order valence-electron chi connectivity index (χ1n) is 10.7. The van der Waals surface area contributed by atoms with Crippen LogP contribution in [-0.4, -0.2) is 20.9 Å². The zero-order valence-corrected chi connectivity index (χ0v) is 18.9. The topological polar surface area (TPSA) is 89.8 Å². The Morgan fingerprint density at radius 3 is 2.76 bits per heavy atom. The summed E-state index contributed by atoms with van der Waals surface area (Å²) in [6, 6.07) is 11.1. The highest BCUT2D eigenvalue weighted by molar-refractivity contribution is 6.31. The highest BCUT2D eigenvalue weighted by atomic mass is 35.5. The van der Waals surface area contributed by atoms with E-state index >= 15 is 4.39 Å². The summed E-state index contributed by atoms with van der Waals surface area (Å²) < 4.78 is 23.0. The van der Waals surface area contributed by atoms with Crippen molar-refractivity contribution in [2.75, 3.05) is 5.73 Å². The molecule has 1 saturated carbocycles. The fraction of sp³-hybridized carbons (Fsp3) is 0.240. The second-order valence-corrected chi connectivity index (χ2v) is 8.74. The Morgan fingerprint density at radius 2 is 2.06 bits per heavy atom. The second kappa shape index (κ2) is 8.05. The highest BCUT2D eigenvalue weighted by Crippen LogP contribution is 2.42. The molecule has 0 saturated heterocycles. The largest absolute Gasteiger partial charge is 0.489 e. The van der Waals surface area contributed by atoms with E-state index in [1.165, 1.54) is 6.07 Å². The number of nitrogens with two attached hydrogens (primary N) is 1. The fourth-order valence-corrected chi connectivity index (χ4v) is 4.43. The lowest BCUT2D eigenvalue weighted by Gasteiger charge is -2.27. The molecule has 2 aromatic heterocycles. The fourth-order valence-electron chi connectivity index (χ4n) is 4.24. The Bertz CT molecular complexity index is 1450. The molecule has 0 unspecified atom stereocenters. The van der Waals surface area contributed by atoms with E-state index in [1.807, 2.05) is 31.2 Å². The number of rotatable bonds is 4. The minimum Gasteiger partial charge on any atom is -0.489 e. The van der Waals surface area contributed by atoms with Crippen LogP contribution >= 0.6 is 11.6 Å². The van der Waals surface area contributed by atoms with Crippen LogP contribution in [0.2, 0.25) is 5.02 Å². The number of halogens is 2. The molecule has 0 spiro atoms. The number of nitriles is 1. The van der Waals surface area contributed by atoms with Crippen LogP contribution in [0.25, 0.3) is 33.3 Å². The molecule has 166 valence electrons. The van der Waals surface area contributed by atoms with E-state index in [0.717, 1.165) is 41.3 Å². The first-order valence-corrected chi connectivity index (χ1v) is 11.0. The minimum atomic E-state index is -0.682. The Morgan fingerprint density at radius 1 is 1.27 bits per heavy atom. The summed E-state index contributed by atoms with van der Waals surface area (Å²) in [4.78, 5) is 4.44. The molecule has 2 heterocycles. The van der Waals surface area contributed by atoms with Crippen molar-refractivity contribution in [3.8, 4) is 34.2 Å². The van der Waals surface area contributed by atoms with Gasteiger partial charge in [0.1, 0.15) is 23.2 Å². The minimum absolute atomic E-state index is 0.0118. The molecule has 0 amide bonds. The van der Waals surface area contributed by atoms with Gasteiger partial charge < -0.3 is 10.5 Å². The summed E-state index contributed by atoms with van der Waals surface area (Å²) in [5.74, 6) is 0.0337. The molecular formula is C25H21ClFN5O. The second-order valence-electron chi connectivity index (χ2n) is 8.33. The maximum absolute atomic E-state index is 15.5. The molecule has 1 aliphatic rings. The van der Waals surface area contributed by atoms with Gasteiger partial charge in [-0.1, -0.05) is 23.7 Å². The molecule has 33 heavy (non-hydrogen) atoms. The molecule has 6 nitrogen and oxygen atoms in total. The van der Waals surface area contributed by atoms with Gasteiger partial charge in [0.05, 0.1) is 34.1 Å². The van der Waals surface area contributed by atoms with Gasteiger partial charge in [-0.15, -0.1) is 0 Å². The maximum Gasteiger partial charge on any atom is 0.152 e. The summed E-state index contributed by atoms with van der Waals surface area (Å²) in [5, 5.41) is 15.2. The average molecular weight is 462 g/mol.